The van der Waals surface area contributed by atoms with Gasteiger partial charge in [-0.1, -0.05) is 0 Å². The van der Waals surface area contributed by atoms with Gasteiger partial charge in [-0.25, -0.2) is 4.79 Å². The van der Waals surface area contributed by atoms with Crippen molar-refractivity contribution < 1.29 is 45.0 Å². The third kappa shape index (κ3) is 3.87. The molecule has 0 bridgehead atoms. The Kier molecular flexibility index (Phi) is 5.61. The van der Waals surface area contributed by atoms with Crippen molar-refractivity contribution in [3.05, 3.63) is 0 Å². The zero-order valence-electron chi connectivity index (χ0n) is 11.2. The summed E-state index contributed by atoms with van der Waals surface area (Å²) < 4.78 is 4.86. The molecule has 1 rings (SSSR count). The number of carbonyl (C=O) groups excluding carboxylic acids is 1. The Balaban J connectivity index is 3.07. The highest BCUT2D eigenvalue weighted by atomic mass is 16.7. The van der Waals surface area contributed by atoms with Crippen LogP contribution in [0.15, 0.2) is 0 Å². The first-order valence-electron chi connectivity index (χ1n) is 6.18. The summed E-state index contributed by atoms with van der Waals surface area (Å²) in [6, 6.07) is -1.27. The Bertz CT molecular complexity index is 403. The predicted octanol–water partition coefficient (Wildman–Crippen LogP) is -3.87. The van der Waals surface area contributed by atoms with Crippen LogP contribution in [0.4, 0.5) is 0 Å². The highest BCUT2D eigenvalue weighted by Gasteiger charge is 2.53. The minimum absolute atomic E-state index is 0.598. The predicted molar refractivity (Wildman–Crippen MR) is 64.8 cm³/mol. The lowest BCUT2D eigenvalue weighted by atomic mass is 9.88. The number of aliphatic hydroxyl groups is 5. The van der Waals surface area contributed by atoms with Gasteiger partial charge in [-0.15, -0.1) is 0 Å². The average molecular weight is 309 g/mol. The van der Waals surface area contributed by atoms with Crippen LogP contribution >= 0.6 is 0 Å². The topological polar surface area (TPSA) is 177 Å². The number of carbonyl (C=O) groups is 2. The van der Waals surface area contributed by atoms with E-state index in [9.17, 15) is 30.0 Å². The van der Waals surface area contributed by atoms with Gasteiger partial charge in [-0.05, 0) is 0 Å². The van der Waals surface area contributed by atoms with Crippen LogP contribution in [-0.4, -0.2) is 85.4 Å². The summed E-state index contributed by atoms with van der Waals surface area (Å²) in [5.41, 5.74) is 0. The number of nitrogens with one attached hydrogen (secondary N) is 1. The molecule has 0 radical (unpaired) electrons. The number of carboxylic acids is 1. The van der Waals surface area contributed by atoms with Crippen molar-refractivity contribution in [3.63, 3.8) is 0 Å². The van der Waals surface area contributed by atoms with Crippen LogP contribution in [0.2, 0.25) is 0 Å². The minimum Gasteiger partial charge on any atom is -0.477 e. The molecule has 0 aromatic rings. The van der Waals surface area contributed by atoms with E-state index in [-0.39, 0.29) is 0 Å². The molecular weight excluding hydrogens is 290 g/mol. The molecule has 1 amide bonds. The van der Waals surface area contributed by atoms with Crippen LogP contribution in [-0.2, 0) is 14.3 Å². The van der Waals surface area contributed by atoms with E-state index in [1.807, 2.05) is 0 Å². The molecule has 1 fully saturated rings. The molecular formula is C11H19NO9. The van der Waals surface area contributed by atoms with Crippen LogP contribution in [0.25, 0.3) is 0 Å². The Morgan fingerprint density at radius 3 is 2.43 bits per heavy atom. The maximum absolute atomic E-state index is 11.1. The lowest BCUT2D eigenvalue weighted by molar-refractivity contribution is -0.295. The van der Waals surface area contributed by atoms with E-state index in [1.54, 1.807) is 0 Å². The standard InChI is InChI=1S/C11H19NO9/c1-4(14)12-7-5(15)2-11(20,10(18)19)21-9(7)8(17)6(16)3-13/h5-9,13,15-17,20H,2-3H2,1H3,(H,12,14)(H,18,19)/t5-,6+,7+,8+,9-,11-/m0/s1. The molecule has 0 saturated carbocycles. The van der Waals surface area contributed by atoms with Crippen molar-refractivity contribution in [2.45, 2.75) is 49.6 Å². The lowest BCUT2D eigenvalue weighted by Crippen LogP contribution is -2.67. The average Bonchev–Trinajstić information content (AvgIpc) is 2.39. The zero-order valence-corrected chi connectivity index (χ0v) is 11.2. The number of ether oxygens (including phenoxy) is 1. The molecule has 0 aromatic heterocycles. The van der Waals surface area contributed by atoms with E-state index in [0.29, 0.717) is 0 Å². The van der Waals surface area contributed by atoms with Gasteiger partial charge in [0.15, 0.2) is 0 Å². The summed E-state index contributed by atoms with van der Waals surface area (Å²) in [5, 5.41) is 59.0. The maximum Gasteiger partial charge on any atom is 0.364 e. The van der Waals surface area contributed by atoms with Crippen LogP contribution in [0.1, 0.15) is 13.3 Å². The lowest BCUT2D eigenvalue weighted by Gasteiger charge is -2.44. The maximum atomic E-state index is 11.1. The monoisotopic (exact) mass is 309 g/mol. The first kappa shape index (κ1) is 17.8. The number of amides is 1. The van der Waals surface area contributed by atoms with E-state index in [0.717, 1.165) is 6.92 Å². The quantitative estimate of drug-likeness (QED) is 0.268. The van der Waals surface area contributed by atoms with Crippen LogP contribution in [0.3, 0.4) is 0 Å². The molecule has 21 heavy (non-hydrogen) atoms. The number of aliphatic carboxylic acids is 1. The van der Waals surface area contributed by atoms with Gasteiger partial charge < -0.3 is 40.7 Å². The number of aliphatic hydroxyl groups excluding tert-OH is 4. The number of hydrogen-bond acceptors (Lipinski definition) is 8. The van der Waals surface area contributed by atoms with E-state index in [1.165, 1.54) is 0 Å². The molecule has 122 valence electrons. The third-order valence-corrected chi connectivity index (χ3v) is 3.21. The van der Waals surface area contributed by atoms with Crippen LogP contribution in [0, 0.1) is 0 Å². The second-order valence-corrected chi connectivity index (χ2v) is 4.91. The summed E-state index contributed by atoms with van der Waals surface area (Å²) >= 11 is 0. The van der Waals surface area contributed by atoms with Crippen molar-refractivity contribution in [3.8, 4) is 0 Å². The van der Waals surface area contributed by atoms with Gasteiger partial charge in [0.25, 0.3) is 5.79 Å². The molecule has 0 unspecified atom stereocenters. The minimum atomic E-state index is -2.78. The second kappa shape index (κ2) is 6.64. The zero-order chi connectivity index (χ0) is 16.4. The van der Waals surface area contributed by atoms with Gasteiger partial charge in [0, 0.05) is 13.3 Å². The second-order valence-electron chi connectivity index (χ2n) is 4.91. The van der Waals surface area contributed by atoms with E-state index in [4.69, 9.17) is 14.9 Å². The van der Waals surface area contributed by atoms with Gasteiger partial charge in [0.05, 0.1) is 18.8 Å². The number of hydrogen-bond donors (Lipinski definition) is 7. The normalized spacial score (nSPS) is 35.8. The van der Waals surface area contributed by atoms with Crippen molar-refractivity contribution in [2.24, 2.45) is 0 Å². The van der Waals surface area contributed by atoms with Crippen LogP contribution < -0.4 is 5.32 Å². The Labute approximate surface area is 119 Å². The first-order valence-corrected chi connectivity index (χ1v) is 6.18. The van der Waals surface area contributed by atoms with Crippen molar-refractivity contribution in [1.82, 2.24) is 5.32 Å². The van der Waals surface area contributed by atoms with E-state index in [2.05, 4.69) is 5.32 Å². The third-order valence-electron chi connectivity index (χ3n) is 3.21. The fourth-order valence-electron chi connectivity index (χ4n) is 2.14. The molecule has 1 aliphatic heterocycles. The smallest absolute Gasteiger partial charge is 0.364 e. The SMILES string of the molecule is CC(=O)N[C@H]1[C@@H]([C@H](O)[C@H](O)CO)O[C@](O)(C(=O)O)C[C@@H]1O. The van der Waals surface area contributed by atoms with Crippen molar-refractivity contribution in [2.75, 3.05) is 6.61 Å². The van der Waals surface area contributed by atoms with Crippen molar-refractivity contribution >= 4 is 11.9 Å². The van der Waals surface area contributed by atoms with Gasteiger partial charge in [-0.2, -0.15) is 0 Å². The van der Waals surface area contributed by atoms with E-state index >= 15 is 0 Å². The summed E-state index contributed by atoms with van der Waals surface area (Å²) in [6.45, 7) is 0.256. The number of carboxylic acid groups (broad SMARTS) is 1. The molecule has 0 aliphatic carbocycles. The first-order chi connectivity index (χ1) is 9.62. The number of rotatable bonds is 5. The molecule has 6 atom stereocenters. The van der Waals surface area contributed by atoms with Gasteiger partial charge in [0.1, 0.15) is 18.3 Å². The molecule has 1 saturated heterocycles. The molecule has 0 spiro atoms. The van der Waals surface area contributed by atoms with Gasteiger partial charge in [0.2, 0.25) is 5.91 Å². The largest absolute Gasteiger partial charge is 0.477 e. The molecule has 0 aromatic carbocycles. The molecule has 10 nitrogen and oxygen atoms in total. The highest BCUT2D eigenvalue weighted by molar-refractivity contribution is 5.76. The molecule has 1 heterocycles. The fraction of sp³-hybridized carbons (Fsp3) is 0.818. The Morgan fingerprint density at radius 1 is 1.43 bits per heavy atom. The summed E-state index contributed by atoms with van der Waals surface area (Å²) in [6.07, 6.45) is -7.48. The Hall–Kier alpha value is -1.30. The highest BCUT2D eigenvalue weighted by Crippen LogP contribution is 2.30. The van der Waals surface area contributed by atoms with Gasteiger partial charge in [-0.3, -0.25) is 4.79 Å². The van der Waals surface area contributed by atoms with Crippen molar-refractivity contribution in [1.29, 1.82) is 0 Å². The van der Waals surface area contributed by atoms with Gasteiger partial charge >= 0.3 is 5.97 Å². The summed E-state index contributed by atoms with van der Waals surface area (Å²) in [7, 11) is 0. The fourth-order valence-corrected chi connectivity index (χ4v) is 2.14. The Morgan fingerprint density at radius 2 is 2.00 bits per heavy atom. The molecule has 10 heteroatoms. The molecule has 7 N–H and O–H groups in total. The van der Waals surface area contributed by atoms with E-state index < -0.39 is 61.1 Å². The van der Waals surface area contributed by atoms with Crippen LogP contribution in [0.5, 0.6) is 0 Å². The molecule has 1 aliphatic rings. The summed E-state index contributed by atoms with van der Waals surface area (Å²) in [5.74, 6) is -5.17. The summed E-state index contributed by atoms with van der Waals surface area (Å²) in [4.78, 5) is 22.1.